The fourth-order valence-electron chi connectivity index (χ4n) is 4.12. The summed E-state index contributed by atoms with van der Waals surface area (Å²) in [5, 5.41) is 0. The summed E-state index contributed by atoms with van der Waals surface area (Å²) in [5.74, 6) is 7.57. The first-order valence-corrected chi connectivity index (χ1v) is 11.1. The van der Waals surface area contributed by atoms with Crippen LogP contribution in [0.3, 0.4) is 0 Å². The van der Waals surface area contributed by atoms with E-state index in [0.717, 1.165) is 29.9 Å². The number of aryl methyl sites for hydroxylation is 2. The first-order valence-electron chi connectivity index (χ1n) is 11.1. The van der Waals surface area contributed by atoms with Crippen LogP contribution in [0.4, 0.5) is 0 Å². The first-order chi connectivity index (χ1) is 13.8. The Hall–Kier alpha value is -2.26. The summed E-state index contributed by atoms with van der Waals surface area (Å²) in [7, 11) is 0. The van der Waals surface area contributed by atoms with Gasteiger partial charge < -0.3 is 0 Å². The van der Waals surface area contributed by atoms with Crippen LogP contribution in [0.25, 0.3) is 0 Å². The Morgan fingerprint density at radius 2 is 1.32 bits per heavy atom. The van der Waals surface area contributed by atoms with E-state index in [-0.39, 0.29) is 0 Å². The lowest BCUT2D eigenvalue weighted by Crippen LogP contribution is -2.07. The highest BCUT2D eigenvalue weighted by Crippen LogP contribution is 2.27. The Kier molecular flexibility index (Phi) is 8.45. The third-order valence-corrected chi connectivity index (χ3v) is 5.95. The fourth-order valence-corrected chi connectivity index (χ4v) is 4.12. The van der Waals surface area contributed by atoms with Crippen LogP contribution in [0.5, 0.6) is 0 Å². The Balaban J connectivity index is 1.47. The van der Waals surface area contributed by atoms with E-state index >= 15 is 0 Å². The van der Waals surface area contributed by atoms with Crippen molar-refractivity contribution < 1.29 is 0 Å². The van der Waals surface area contributed by atoms with E-state index in [1.165, 1.54) is 68.9 Å². The zero-order valence-electron chi connectivity index (χ0n) is 17.3. The van der Waals surface area contributed by atoms with Crippen LogP contribution in [0.2, 0.25) is 0 Å². The highest BCUT2D eigenvalue weighted by atomic mass is 14.2. The van der Waals surface area contributed by atoms with Gasteiger partial charge >= 0.3 is 0 Å². The molecule has 0 N–H and O–H groups in total. The van der Waals surface area contributed by atoms with Gasteiger partial charge in [0.2, 0.25) is 0 Å². The third kappa shape index (κ3) is 7.05. The predicted octanol–water partition coefficient (Wildman–Crippen LogP) is 7.50. The molecule has 0 aromatic heterocycles. The van der Waals surface area contributed by atoms with Gasteiger partial charge in [0.15, 0.2) is 0 Å². The minimum Gasteiger partial charge on any atom is -0.103 e. The summed E-state index contributed by atoms with van der Waals surface area (Å²) in [6, 6.07) is 17.6. The van der Waals surface area contributed by atoms with Crippen LogP contribution in [0.15, 0.2) is 61.2 Å². The van der Waals surface area contributed by atoms with Gasteiger partial charge in [0.1, 0.15) is 0 Å². The van der Waals surface area contributed by atoms with E-state index in [9.17, 15) is 0 Å². The molecule has 1 aliphatic carbocycles. The summed E-state index contributed by atoms with van der Waals surface area (Å²) in [4.78, 5) is 0. The smallest absolute Gasteiger partial charge is 0.0249 e. The molecule has 2 aromatic carbocycles. The monoisotopic (exact) mass is 370 g/mol. The predicted molar refractivity (Wildman–Crippen MR) is 122 cm³/mol. The van der Waals surface area contributed by atoms with Crippen molar-refractivity contribution in [1.29, 1.82) is 0 Å². The lowest BCUT2D eigenvalue weighted by molar-refractivity contribution is 0.339. The molecule has 0 heteroatoms. The minimum atomic E-state index is 0.957. The zero-order valence-corrected chi connectivity index (χ0v) is 17.3. The normalized spacial score (nSPS) is 14.3. The van der Waals surface area contributed by atoms with E-state index in [2.05, 4.69) is 67.0 Å². The second kappa shape index (κ2) is 11.6. The van der Waals surface area contributed by atoms with Gasteiger partial charge in [-0.05, 0) is 79.8 Å². The lowest BCUT2D eigenvalue weighted by atomic mass is 9.85. The van der Waals surface area contributed by atoms with Crippen LogP contribution in [-0.4, -0.2) is 0 Å². The molecule has 0 aliphatic heterocycles. The van der Waals surface area contributed by atoms with Crippen LogP contribution < -0.4 is 0 Å². The van der Waals surface area contributed by atoms with Crippen molar-refractivity contribution in [3.8, 4) is 11.8 Å². The number of hydrogen-bond donors (Lipinski definition) is 0. The summed E-state index contributed by atoms with van der Waals surface area (Å²) >= 11 is 0. The third-order valence-electron chi connectivity index (χ3n) is 5.95. The van der Waals surface area contributed by atoms with Gasteiger partial charge in [0.25, 0.3) is 0 Å². The van der Waals surface area contributed by atoms with Crippen molar-refractivity contribution in [2.75, 3.05) is 0 Å². The highest BCUT2D eigenvalue weighted by molar-refractivity contribution is 5.44. The number of allylic oxidation sites excluding steroid dienone is 1. The maximum Gasteiger partial charge on any atom is 0.0249 e. The van der Waals surface area contributed by atoms with Gasteiger partial charge in [-0.15, -0.1) is 6.58 Å². The van der Waals surface area contributed by atoms with Crippen molar-refractivity contribution >= 4 is 0 Å². The molecule has 0 heterocycles. The molecule has 0 amide bonds. The molecule has 28 heavy (non-hydrogen) atoms. The molecular formula is C28H34. The van der Waals surface area contributed by atoms with Crippen molar-refractivity contribution in [3.63, 3.8) is 0 Å². The Morgan fingerprint density at radius 3 is 1.89 bits per heavy atom. The molecule has 0 saturated heterocycles. The van der Waals surface area contributed by atoms with Crippen LogP contribution in [0.1, 0.15) is 80.0 Å². The van der Waals surface area contributed by atoms with Crippen LogP contribution >= 0.6 is 0 Å². The molecule has 1 fully saturated rings. The van der Waals surface area contributed by atoms with Gasteiger partial charge in [0.05, 0.1) is 0 Å². The average Bonchev–Trinajstić information content (AvgIpc) is 2.76. The molecule has 2 aromatic rings. The molecule has 0 bridgehead atoms. The summed E-state index contributed by atoms with van der Waals surface area (Å²) in [6.07, 6.45) is 16.5. The largest absolute Gasteiger partial charge is 0.103 e. The fraction of sp³-hybridized carbons (Fsp3) is 0.429. The number of hydrogen-bond acceptors (Lipinski definition) is 0. The minimum absolute atomic E-state index is 0.957. The Morgan fingerprint density at radius 1 is 0.750 bits per heavy atom. The average molecular weight is 371 g/mol. The number of benzene rings is 2. The van der Waals surface area contributed by atoms with Crippen molar-refractivity contribution in [2.24, 2.45) is 5.92 Å². The van der Waals surface area contributed by atoms with Gasteiger partial charge in [-0.1, -0.05) is 74.3 Å². The molecule has 0 radical (unpaired) electrons. The number of unbranched alkanes of at least 4 members (excludes halogenated alkanes) is 2. The molecule has 1 saturated carbocycles. The Labute approximate surface area is 172 Å². The van der Waals surface area contributed by atoms with Gasteiger partial charge in [-0.25, -0.2) is 0 Å². The van der Waals surface area contributed by atoms with Crippen molar-refractivity contribution in [1.82, 2.24) is 0 Å². The summed E-state index contributed by atoms with van der Waals surface area (Å²) in [5.41, 5.74) is 5.06. The zero-order chi connectivity index (χ0) is 19.4. The van der Waals surface area contributed by atoms with Crippen LogP contribution in [0, 0.1) is 17.8 Å². The molecule has 0 spiro atoms. The maximum absolute atomic E-state index is 3.78. The maximum atomic E-state index is 3.78. The van der Waals surface area contributed by atoms with Crippen molar-refractivity contribution in [2.45, 2.75) is 70.6 Å². The lowest BCUT2D eigenvalue weighted by Gasteiger charge is -2.21. The standard InChI is InChI=1S/C28H34/c1-2-3-4-6-11-25-13-16-27(17-14-25)20-23-28-21-18-26(19-22-28)15-12-24-9-7-5-8-10-24/h2,13-14,16-19,21-22,24H,1,3-12,15H2. The van der Waals surface area contributed by atoms with E-state index < -0.39 is 0 Å². The van der Waals surface area contributed by atoms with E-state index in [4.69, 9.17) is 0 Å². The van der Waals surface area contributed by atoms with E-state index in [1.807, 2.05) is 6.08 Å². The molecular weight excluding hydrogens is 336 g/mol. The molecule has 0 atom stereocenters. The van der Waals surface area contributed by atoms with E-state index in [1.54, 1.807) is 0 Å². The second-order valence-electron chi connectivity index (χ2n) is 8.22. The molecule has 3 rings (SSSR count). The molecule has 0 unspecified atom stereocenters. The Bertz CT molecular complexity index is 762. The summed E-state index contributed by atoms with van der Waals surface area (Å²) in [6.45, 7) is 3.78. The van der Waals surface area contributed by atoms with Gasteiger partial charge in [-0.2, -0.15) is 0 Å². The molecule has 0 nitrogen and oxygen atoms in total. The van der Waals surface area contributed by atoms with Gasteiger partial charge in [0, 0.05) is 11.1 Å². The highest BCUT2D eigenvalue weighted by Gasteiger charge is 2.12. The molecule has 1 aliphatic rings. The van der Waals surface area contributed by atoms with Crippen molar-refractivity contribution in [3.05, 3.63) is 83.4 Å². The quantitative estimate of drug-likeness (QED) is 0.256. The SMILES string of the molecule is C=CCCCCc1ccc(C#Cc2ccc(CCC3CCCCC3)cc2)cc1. The van der Waals surface area contributed by atoms with Gasteiger partial charge in [-0.3, -0.25) is 0 Å². The molecule has 146 valence electrons. The first kappa shape index (κ1) is 20.5. The second-order valence-corrected chi connectivity index (χ2v) is 8.22. The topological polar surface area (TPSA) is 0 Å². The van der Waals surface area contributed by atoms with E-state index in [0.29, 0.717) is 0 Å². The number of rotatable bonds is 8. The van der Waals surface area contributed by atoms with Crippen LogP contribution in [-0.2, 0) is 12.8 Å². The summed E-state index contributed by atoms with van der Waals surface area (Å²) < 4.78 is 0.